The first-order valence-corrected chi connectivity index (χ1v) is 9.39. The Labute approximate surface area is 166 Å². The van der Waals surface area contributed by atoms with E-state index in [0.717, 1.165) is 10.6 Å². The highest BCUT2D eigenvalue weighted by Gasteiger charge is 2.25. The summed E-state index contributed by atoms with van der Waals surface area (Å²) in [5, 5.41) is 3.54. The highest BCUT2D eigenvalue weighted by Crippen LogP contribution is 2.41. The monoisotopic (exact) mass is 391 g/mol. The molecule has 0 radical (unpaired) electrons. The maximum absolute atomic E-state index is 12.7. The van der Waals surface area contributed by atoms with Gasteiger partial charge >= 0.3 is 0 Å². The molecule has 0 saturated heterocycles. The van der Waals surface area contributed by atoms with E-state index in [2.05, 4.69) is 10.3 Å². The van der Waals surface area contributed by atoms with Crippen molar-refractivity contribution in [1.82, 2.24) is 4.98 Å². The van der Waals surface area contributed by atoms with E-state index in [1.807, 2.05) is 18.2 Å². The summed E-state index contributed by atoms with van der Waals surface area (Å²) in [6, 6.07) is 16.0. The molecule has 0 bridgehead atoms. The molecule has 1 aliphatic heterocycles. The molecule has 0 spiro atoms. The number of benzene rings is 2. The van der Waals surface area contributed by atoms with E-state index in [0.29, 0.717) is 27.6 Å². The zero-order valence-electron chi connectivity index (χ0n) is 15.3. The number of nitrogens with zero attached hydrogens (tertiary/aromatic N) is 2. The molecule has 1 N–H and O–H groups in total. The molecule has 4 rings (SSSR count). The van der Waals surface area contributed by atoms with Gasteiger partial charge in [-0.1, -0.05) is 23.9 Å². The average Bonchev–Trinajstić information content (AvgIpc) is 2.83. The summed E-state index contributed by atoms with van der Waals surface area (Å²) in [7, 11) is 3.26. The minimum atomic E-state index is -0.265. The third kappa shape index (κ3) is 3.20. The number of carbonyl (C=O) groups is 2. The van der Waals surface area contributed by atoms with E-state index in [9.17, 15) is 9.59 Å². The summed E-state index contributed by atoms with van der Waals surface area (Å²) in [6.07, 6.45) is 1.66. The van der Waals surface area contributed by atoms with Crippen LogP contribution in [0.15, 0.2) is 70.7 Å². The molecule has 0 atom stereocenters. The molecule has 2 amide bonds. The van der Waals surface area contributed by atoms with Crippen molar-refractivity contribution in [3.8, 4) is 5.75 Å². The highest BCUT2D eigenvalue weighted by molar-refractivity contribution is 7.99. The third-order valence-electron chi connectivity index (χ3n) is 4.44. The van der Waals surface area contributed by atoms with Crippen molar-refractivity contribution in [2.75, 3.05) is 24.4 Å². The van der Waals surface area contributed by atoms with Crippen molar-refractivity contribution in [2.45, 2.75) is 9.92 Å². The topological polar surface area (TPSA) is 71.5 Å². The van der Waals surface area contributed by atoms with Crippen LogP contribution in [-0.4, -0.2) is 31.0 Å². The fourth-order valence-corrected chi connectivity index (χ4v) is 4.09. The summed E-state index contributed by atoms with van der Waals surface area (Å²) in [6.45, 7) is 0. The standard InChI is InChI=1S/C21H17N3O3S/c1-24-16-10-9-13(23-19(25)14-6-3-4-8-17(14)27-2)12-18(16)28-20-15(21(24)26)7-5-11-22-20/h3-12H,1-2H3,(H,23,25). The number of carbonyl (C=O) groups excluding carboxylic acids is 2. The van der Waals surface area contributed by atoms with E-state index in [1.54, 1.807) is 54.5 Å². The maximum Gasteiger partial charge on any atom is 0.260 e. The predicted molar refractivity (Wildman–Crippen MR) is 108 cm³/mol. The Morgan fingerprint density at radius 2 is 1.96 bits per heavy atom. The van der Waals surface area contributed by atoms with Crippen LogP contribution in [0.1, 0.15) is 20.7 Å². The minimum absolute atomic E-state index is 0.111. The van der Waals surface area contributed by atoms with Crippen molar-refractivity contribution in [2.24, 2.45) is 0 Å². The van der Waals surface area contributed by atoms with Crippen molar-refractivity contribution in [3.05, 3.63) is 71.9 Å². The summed E-state index contributed by atoms with van der Waals surface area (Å²) < 4.78 is 5.26. The summed E-state index contributed by atoms with van der Waals surface area (Å²) in [5.74, 6) is 0.131. The number of para-hydroxylation sites is 1. The highest BCUT2D eigenvalue weighted by atomic mass is 32.2. The fourth-order valence-electron chi connectivity index (χ4n) is 3.01. The van der Waals surface area contributed by atoms with Crippen LogP contribution in [0.25, 0.3) is 0 Å². The number of rotatable bonds is 3. The van der Waals surface area contributed by atoms with Gasteiger partial charge in [-0.3, -0.25) is 9.59 Å². The summed E-state index contributed by atoms with van der Waals surface area (Å²) in [5.41, 5.74) is 2.41. The van der Waals surface area contributed by atoms with Gasteiger partial charge in [0.05, 0.1) is 23.9 Å². The second-order valence-corrected chi connectivity index (χ2v) is 7.19. The lowest BCUT2D eigenvalue weighted by Crippen LogP contribution is -2.26. The zero-order valence-corrected chi connectivity index (χ0v) is 16.1. The molecule has 2 aromatic carbocycles. The molecule has 140 valence electrons. The lowest BCUT2D eigenvalue weighted by molar-refractivity contribution is 0.0987. The normalized spacial score (nSPS) is 12.6. The molecule has 1 aromatic heterocycles. The van der Waals surface area contributed by atoms with Gasteiger partial charge in [-0.25, -0.2) is 4.98 Å². The largest absolute Gasteiger partial charge is 0.496 e. The Hall–Kier alpha value is -3.32. The molecule has 2 heterocycles. The molecular weight excluding hydrogens is 374 g/mol. The van der Waals surface area contributed by atoms with Crippen molar-refractivity contribution < 1.29 is 14.3 Å². The minimum Gasteiger partial charge on any atom is -0.496 e. The van der Waals surface area contributed by atoms with E-state index < -0.39 is 0 Å². The second kappa shape index (κ2) is 7.36. The second-order valence-electron chi connectivity index (χ2n) is 6.16. The molecule has 0 saturated carbocycles. The molecule has 7 heteroatoms. The number of methoxy groups -OCH3 is 1. The number of aromatic nitrogens is 1. The number of hydrogen-bond donors (Lipinski definition) is 1. The molecule has 3 aromatic rings. The SMILES string of the molecule is COc1ccccc1C(=O)Nc1ccc2c(c1)Sc1ncccc1C(=O)N2C. The number of fused-ring (bicyclic) bond motifs is 2. The Kier molecular flexibility index (Phi) is 4.75. The fraction of sp³-hybridized carbons (Fsp3) is 0.0952. The first kappa shape index (κ1) is 18.1. The number of ether oxygens (including phenoxy) is 1. The van der Waals surface area contributed by atoms with Crippen LogP contribution in [0, 0.1) is 0 Å². The third-order valence-corrected chi connectivity index (χ3v) is 5.51. The van der Waals surface area contributed by atoms with Crippen LogP contribution in [0.3, 0.4) is 0 Å². The lowest BCUT2D eigenvalue weighted by atomic mass is 10.1. The van der Waals surface area contributed by atoms with Crippen LogP contribution in [0.2, 0.25) is 0 Å². The number of amides is 2. The van der Waals surface area contributed by atoms with Crippen molar-refractivity contribution >= 4 is 35.0 Å². The van der Waals surface area contributed by atoms with Crippen LogP contribution in [0.4, 0.5) is 11.4 Å². The molecule has 1 aliphatic rings. The van der Waals surface area contributed by atoms with Gasteiger partial charge in [0.1, 0.15) is 10.8 Å². The first-order chi connectivity index (χ1) is 13.6. The number of hydrogen-bond acceptors (Lipinski definition) is 5. The Morgan fingerprint density at radius 3 is 2.79 bits per heavy atom. The molecule has 28 heavy (non-hydrogen) atoms. The Bertz CT molecular complexity index is 1080. The van der Waals surface area contributed by atoms with Crippen LogP contribution in [0.5, 0.6) is 5.75 Å². The molecule has 0 aliphatic carbocycles. The molecular formula is C21H17N3O3S. The first-order valence-electron chi connectivity index (χ1n) is 8.58. The predicted octanol–water partition coefficient (Wildman–Crippen LogP) is 4.08. The quantitative estimate of drug-likeness (QED) is 0.728. The number of pyridine rings is 1. The summed E-state index contributed by atoms with van der Waals surface area (Å²) in [4.78, 5) is 32.1. The summed E-state index contributed by atoms with van der Waals surface area (Å²) >= 11 is 1.41. The van der Waals surface area contributed by atoms with Crippen LogP contribution >= 0.6 is 11.8 Å². The van der Waals surface area contributed by atoms with Gasteiger partial charge in [0.25, 0.3) is 11.8 Å². The Balaban J connectivity index is 1.67. The zero-order chi connectivity index (χ0) is 19.7. The maximum atomic E-state index is 12.7. The van der Waals surface area contributed by atoms with Gasteiger partial charge < -0.3 is 15.0 Å². The van der Waals surface area contributed by atoms with Gasteiger partial charge in [0, 0.05) is 23.8 Å². The van der Waals surface area contributed by atoms with E-state index in [1.165, 1.54) is 18.9 Å². The van der Waals surface area contributed by atoms with Crippen LogP contribution in [-0.2, 0) is 0 Å². The van der Waals surface area contributed by atoms with Crippen LogP contribution < -0.4 is 15.0 Å². The van der Waals surface area contributed by atoms with Crippen molar-refractivity contribution in [3.63, 3.8) is 0 Å². The molecule has 6 nitrogen and oxygen atoms in total. The van der Waals surface area contributed by atoms with Gasteiger partial charge in [-0.2, -0.15) is 0 Å². The average molecular weight is 391 g/mol. The smallest absolute Gasteiger partial charge is 0.260 e. The van der Waals surface area contributed by atoms with Gasteiger partial charge in [-0.05, 0) is 42.5 Å². The lowest BCUT2D eigenvalue weighted by Gasteiger charge is -2.18. The molecule has 0 fully saturated rings. The van der Waals surface area contributed by atoms with E-state index in [-0.39, 0.29) is 11.8 Å². The number of nitrogens with one attached hydrogen (secondary N) is 1. The van der Waals surface area contributed by atoms with Gasteiger partial charge in [0.2, 0.25) is 0 Å². The van der Waals surface area contributed by atoms with E-state index in [4.69, 9.17) is 4.74 Å². The molecule has 0 unspecified atom stereocenters. The Morgan fingerprint density at radius 1 is 1.14 bits per heavy atom. The van der Waals surface area contributed by atoms with E-state index >= 15 is 0 Å². The van der Waals surface area contributed by atoms with Gasteiger partial charge in [0.15, 0.2) is 0 Å². The van der Waals surface area contributed by atoms with Gasteiger partial charge in [-0.15, -0.1) is 0 Å². The number of anilines is 2. The van der Waals surface area contributed by atoms with Crippen molar-refractivity contribution in [1.29, 1.82) is 0 Å².